The predicted molar refractivity (Wildman–Crippen MR) is 158 cm³/mol. The monoisotopic (exact) mass is 545 g/mol. The van der Waals surface area contributed by atoms with E-state index in [2.05, 4.69) is 30.9 Å². The number of benzene rings is 2. The van der Waals surface area contributed by atoms with Crippen LogP contribution in [0.15, 0.2) is 62.6 Å². The first-order chi connectivity index (χ1) is 18.7. The van der Waals surface area contributed by atoms with Crippen LogP contribution in [0, 0.1) is 0 Å². The topological polar surface area (TPSA) is 97.0 Å². The number of hydrogen-bond donors (Lipinski definition) is 1. The Kier molecular flexibility index (Phi) is 8.91. The highest BCUT2D eigenvalue weighted by Crippen LogP contribution is 2.30. The number of thiocarbonyl (C=S) groups is 1. The summed E-state index contributed by atoms with van der Waals surface area (Å²) in [6.45, 7) is 6.71. The van der Waals surface area contributed by atoms with Crippen LogP contribution in [-0.4, -0.2) is 43.7 Å². The molecule has 204 valence electrons. The standard InChI is InChI=1S/C30H35N5O3S/c1-6-7-12-25-31-27(19(2)3)24(17-26(39)34(4)5)29(36)35(25)18-20-13-15-21(16-14-20)22-10-8-9-11-23(22)28-32-30(37)38-33-28/h8-11,13-16,19H,6-7,12,17-18H2,1-5H3,(H,32,33,37). The van der Waals surface area contributed by atoms with Crippen molar-refractivity contribution in [3.05, 3.63) is 92.1 Å². The maximum Gasteiger partial charge on any atom is 0.439 e. The Hall–Kier alpha value is -3.85. The molecule has 2 aromatic carbocycles. The summed E-state index contributed by atoms with van der Waals surface area (Å²) < 4.78 is 6.52. The number of nitrogens with zero attached hydrogens (tertiary/aromatic N) is 4. The number of nitrogens with one attached hydrogen (secondary N) is 1. The highest BCUT2D eigenvalue weighted by molar-refractivity contribution is 7.80. The van der Waals surface area contributed by atoms with Gasteiger partial charge in [0.15, 0.2) is 5.82 Å². The maximum atomic E-state index is 13.9. The number of rotatable bonds is 10. The molecule has 1 N–H and O–H groups in total. The fourth-order valence-electron chi connectivity index (χ4n) is 4.56. The van der Waals surface area contributed by atoms with Gasteiger partial charge in [-0.15, -0.1) is 0 Å². The summed E-state index contributed by atoms with van der Waals surface area (Å²) in [5.41, 5.74) is 5.13. The first-order valence-corrected chi connectivity index (χ1v) is 13.7. The molecule has 0 saturated heterocycles. The lowest BCUT2D eigenvalue weighted by Gasteiger charge is -2.21. The highest BCUT2D eigenvalue weighted by atomic mass is 32.1. The first kappa shape index (κ1) is 28.2. The molecular formula is C30H35N5O3S. The van der Waals surface area contributed by atoms with E-state index in [0.717, 1.165) is 53.0 Å². The molecule has 2 heterocycles. The molecule has 39 heavy (non-hydrogen) atoms. The fraction of sp³-hybridized carbons (Fsp3) is 0.367. The largest absolute Gasteiger partial charge is 0.439 e. The van der Waals surface area contributed by atoms with Crippen LogP contribution in [0.3, 0.4) is 0 Å². The lowest BCUT2D eigenvalue weighted by atomic mass is 9.98. The van der Waals surface area contributed by atoms with Crippen LogP contribution >= 0.6 is 12.2 Å². The van der Waals surface area contributed by atoms with Crippen LogP contribution in [-0.2, 0) is 19.4 Å². The average Bonchev–Trinajstić information content (AvgIpc) is 3.36. The van der Waals surface area contributed by atoms with E-state index < -0.39 is 5.76 Å². The molecule has 0 saturated carbocycles. The Bertz CT molecular complexity index is 1560. The first-order valence-electron chi connectivity index (χ1n) is 13.3. The van der Waals surface area contributed by atoms with Crippen molar-refractivity contribution >= 4 is 17.2 Å². The summed E-state index contributed by atoms with van der Waals surface area (Å²) in [6.07, 6.45) is 3.12. The van der Waals surface area contributed by atoms with Crippen molar-refractivity contribution in [2.24, 2.45) is 0 Å². The van der Waals surface area contributed by atoms with Gasteiger partial charge in [0.05, 0.1) is 17.2 Å². The molecule has 0 amide bonds. The lowest BCUT2D eigenvalue weighted by Crippen LogP contribution is -2.34. The molecule has 0 aliphatic carbocycles. The molecule has 0 aliphatic rings. The normalized spacial score (nSPS) is 11.2. The van der Waals surface area contributed by atoms with E-state index in [9.17, 15) is 9.59 Å². The number of aromatic nitrogens is 4. The number of aryl methyl sites for hydroxylation is 1. The number of likely N-dealkylation sites (N-methyl/N-ethyl adjacent to an activating group) is 1. The Morgan fingerprint density at radius 2 is 1.77 bits per heavy atom. The molecule has 0 fully saturated rings. The van der Waals surface area contributed by atoms with E-state index in [1.165, 1.54) is 0 Å². The summed E-state index contributed by atoms with van der Waals surface area (Å²) in [6, 6.07) is 15.8. The Balaban J connectivity index is 1.72. The molecule has 0 unspecified atom stereocenters. The van der Waals surface area contributed by atoms with Crippen molar-refractivity contribution in [2.45, 2.75) is 58.9 Å². The fourth-order valence-corrected chi connectivity index (χ4v) is 4.70. The van der Waals surface area contributed by atoms with Gasteiger partial charge in [0.2, 0.25) is 0 Å². The molecular weight excluding hydrogens is 510 g/mol. The van der Waals surface area contributed by atoms with Gasteiger partial charge in [-0.3, -0.25) is 18.9 Å². The minimum absolute atomic E-state index is 0.0200. The van der Waals surface area contributed by atoms with Crippen LogP contribution in [0.25, 0.3) is 22.5 Å². The van der Waals surface area contributed by atoms with Crippen LogP contribution in [0.2, 0.25) is 0 Å². The zero-order chi connectivity index (χ0) is 28.1. The SMILES string of the molecule is CCCCc1nc(C(C)C)c(CC(=S)N(C)C)c(=O)n1Cc1ccc(-c2ccccc2-c2noc(=O)[nH]2)cc1. The van der Waals surface area contributed by atoms with E-state index in [-0.39, 0.29) is 11.5 Å². The lowest BCUT2D eigenvalue weighted by molar-refractivity contribution is 0.388. The van der Waals surface area contributed by atoms with Gasteiger partial charge in [0.25, 0.3) is 5.56 Å². The summed E-state index contributed by atoms with van der Waals surface area (Å²) in [5.74, 6) is 0.717. The van der Waals surface area contributed by atoms with Crippen molar-refractivity contribution in [1.29, 1.82) is 0 Å². The highest BCUT2D eigenvalue weighted by Gasteiger charge is 2.20. The predicted octanol–water partition coefficient (Wildman–Crippen LogP) is 5.20. The van der Waals surface area contributed by atoms with Gasteiger partial charge in [-0.2, -0.15) is 0 Å². The van der Waals surface area contributed by atoms with Gasteiger partial charge >= 0.3 is 5.76 Å². The number of H-pyrrole nitrogens is 1. The second kappa shape index (κ2) is 12.3. The third-order valence-electron chi connectivity index (χ3n) is 6.73. The molecule has 0 spiro atoms. The molecule has 0 aliphatic heterocycles. The van der Waals surface area contributed by atoms with E-state index in [0.29, 0.717) is 29.3 Å². The minimum atomic E-state index is -0.595. The average molecular weight is 546 g/mol. The number of aromatic amines is 1. The van der Waals surface area contributed by atoms with Gasteiger partial charge in [-0.25, -0.2) is 9.78 Å². The molecule has 4 rings (SSSR count). The zero-order valence-corrected chi connectivity index (χ0v) is 24.0. The Morgan fingerprint density at radius 3 is 2.36 bits per heavy atom. The van der Waals surface area contributed by atoms with E-state index >= 15 is 0 Å². The second-order valence-corrected chi connectivity index (χ2v) is 10.7. The van der Waals surface area contributed by atoms with Gasteiger partial charge in [-0.1, -0.05) is 93.1 Å². The summed E-state index contributed by atoms with van der Waals surface area (Å²) in [7, 11) is 3.80. The number of hydrogen-bond acceptors (Lipinski definition) is 6. The molecule has 2 aromatic heterocycles. The second-order valence-electron chi connectivity index (χ2n) is 10.2. The van der Waals surface area contributed by atoms with E-state index in [4.69, 9.17) is 21.7 Å². The van der Waals surface area contributed by atoms with Crippen LogP contribution < -0.4 is 11.3 Å². The molecule has 0 bridgehead atoms. The van der Waals surface area contributed by atoms with Gasteiger partial charge in [0.1, 0.15) is 5.82 Å². The van der Waals surface area contributed by atoms with Gasteiger partial charge in [-0.05, 0) is 29.0 Å². The summed E-state index contributed by atoms with van der Waals surface area (Å²) in [5, 5.41) is 3.85. The van der Waals surface area contributed by atoms with Crippen LogP contribution in [0.5, 0.6) is 0 Å². The summed E-state index contributed by atoms with van der Waals surface area (Å²) >= 11 is 5.57. The van der Waals surface area contributed by atoms with E-state index in [1.54, 1.807) is 0 Å². The van der Waals surface area contributed by atoms with Crippen molar-refractivity contribution in [3.63, 3.8) is 0 Å². The van der Waals surface area contributed by atoms with Crippen molar-refractivity contribution in [2.75, 3.05) is 14.1 Å². The van der Waals surface area contributed by atoms with Crippen LogP contribution in [0.4, 0.5) is 0 Å². The molecule has 0 atom stereocenters. The molecule has 4 aromatic rings. The molecule has 0 radical (unpaired) electrons. The van der Waals surface area contributed by atoms with Crippen LogP contribution in [0.1, 0.15) is 62.2 Å². The van der Waals surface area contributed by atoms with Gasteiger partial charge in [0, 0.05) is 38.1 Å². The summed E-state index contributed by atoms with van der Waals surface area (Å²) in [4.78, 5) is 35.7. The third-order valence-corrected chi connectivity index (χ3v) is 7.24. The Morgan fingerprint density at radius 1 is 1.08 bits per heavy atom. The maximum absolute atomic E-state index is 13.9. The molecule has 8 nitrogen and oxygen atoms in total. The smallest absolute Gasteiger partial charge is 0.372 e. The Labute approximate surface area is 233 Å². The van der Waals surface area contributed by atoms with Crippen molar-refractivity contribution in [3.8, 4) is 22.5 Å². The van der Waals surface area contributed by atoms with Crippen molar-refractivity contribution < 1.29 is 4.52 Å². The van der Waals surface area contributed by atoms with Gasteiger partial charge < -0.3 is 4.90 Å². The minimum Gasteiger partial charge on any atom is -0.372 e. The zero-order valence-electron chi connectivity index (χ0n) is 23.2. The number of unbranched alkanes of at least 4 members (excludes halogenated alkanes) is 1. The quantitative estimate of drug-likeness (QED) is 0.274. The van der Waals surface area contributed by atoms with Crippen molar-refractivity contribution in [1.82, 2.24) is 24.6 Å². The molecule has 9 heteroatoms. The van der Waals surface area contributed by atoms with E-state index in [1.807, 2.05) is 72.1 Å². The third kappa shape index (κ3) is 6.42.